The summed E-state index contributed by atoms with van der Waals surface area (Å²) in [6, 6.07) is 2.38. The van der Waals surface area contributed by atoms with Gasteiger partial charge in [-0.15, -0.1) is 0 Å². The SMILES string of the molecule is CCc1nn(C)c(CN2CCCC2C#N)c1Cl. The fraction of sp³-hybridized carbons (Fsp3) is 0.667. The lowest BCUT2D eigenvalue weighted by Gasteiger charge is -2.18. The molecule has 1 aliphatic heterocycles. The summed E-state index contributed by atoms with van der Waals surface area (Å²) in [7, 11) is 1.91. The average Bonchev–Trinajstić information content (AvgIpc) is 2.88. The lowest BCUT2D eigenvalue weighted by Crippen LogP contribution is -2.28. The van der Waals surface area contributed by atoms with E-state index in [0.717, 1.165) is 48.8 Å². The summed E-state index contributed by atoms with van der Waals surface area (Å²) in [5, 5.41) is 14.2. The molecule has 4 nitrogen and oxygen atoms in total. The lowest BCUT2D eigenvalue weighted by atomic mass is 10.2. The van der Waals surface area contributed by atoms with Gasteiger partial charge >= 0.3 is 0 Å². The molecule has 0 bridgehead atoms. The lowest BCUT2D eigenvalue weighted by molar-refractivity contribution is 0.278. The maximum absolute atomic E-state index is 9.06. The Morgan fingerprint density at radius 1 is 1.59 bits per heavy atom. The molecule has 2 rings (SSSR count). The first-order valence-electron chi connectivity index (χ1n) is 6.01. The van der Waals surface area contributed by atoms with Crippen molar-refractivity contribution in [3.8, 4) is 6.07 Å². The first-order valence-corrected chi connectivity index (χ1v) is 6.39. The molecule has 1 aliphatic rings. The zero-order valence-electron chi connectivity index (χ0n) is 10.3. The van der Waals surface area contributed by atoms with Crippen molar-refractivity contribution in [3.05, 3.63) is 16.4 Å². The number of halogens is 1. The molecule has 1 unspecified atom stereocenters. The first kappa shape index (κ1) is 12.4. The van der Waals surface area contributed by atoms with Crippen molar-refractivity contribution >= 4 is 11.6 Å². The van der Waals surface area contributed by atoms with E-state index in [4.69, 9.17) is 16.9 Å². The van der Waals surface area contributed by atoms with E-state index in [9.17, 15) is 0 Å². The molecule has 1 atom stereocenters. The van der Waals surface area contributed by atoms with Crippen LogP contribution in [0.5, 0.6) is 0 Å². The van der Waals surface area contributed by atoms with E-state index < -0.39 is 0 Å². The molecule has 0 spiro atoms. The molecular formula is C12H17ClN4. The fourth-order valence-corrected chi connectivity index (χ4v) is 2.70. The zero-order valence-corrected chi connectivity index (χ0v) is 11.0. The van der Waals surface area contributed by atoms with E-state index in [1.54, 1.807) is 0 Å². The van der Waals surface area contributed by atoms with Gasteiger partial charge in [-0.2, -0.15) is 10.4 Å². The molecule has 1 saturated heterocycles. The number of likely N-dealkylation sites (tertiary alicyclic amines) is 1. The summed E-state index contributed by atoms with van der Waals surface area (Å²) in [5.74, 6) is 0. The second-order valence-corrected chi connectivity index (χ2v) is 4.82. The number of rotatable bonds is 3. The van der Waals surface area contributed by atoms with E-state index in [1.165, 1.54) is 0 Å². The minimum absolute atomic E-state index is 0.0334. The van der Waals surface area contributed by atoms with E-state index in [0.29, 0.717) is 0 Å². The minimum atomic E-state index is 0.0334. The molecule has 0 saturated carbocycles. The van der Waals surface area contributed by atoms with Gasteiger partial charge in [-0.1, -0.05) is 18.5 Å². The summed E-state index contributed by atoms with van der Waals surface area (Å²) < 4.78 is 1.84. The monoisotopic (exact) mass is 252 g/mol. The summed E-state index contributed by atoms with van der Waals surface area (Å²) in [4.78, 5) is 2.18. The summed E-state index contributed by atoms with van der Waals surface area (Å²) in [6.45, 7) is 3.74. The van der Waals surface area contributed by atoms with Crippen molar-refractivity contribution in [2.75, 3.05) is 6.54 Å². The predicted molar refractivity (Wildman–Crippen MR) is 66.6 cm³/mol. The summed E-state index contributed by atoms with van der Waals surface area (Å²) in [6.07, 6.45) is 2.90. The summed E-state index contributed by atoms with van der Waals surface area (Å²) >= 11 is 6.31. The highest BCUT2D eigenvalue weighted by molar-refractivity contribution is 6.31. The van der Waals surface area contributed by atoms with Gasteiger partial charge in [-0.05, 0) is 25.8 Å². The standard InChI is InChI=1S/C12H17ClN4/c1-3-10-12(13)11(16(2)15-10)8-17-6-4-5-9(17)7-14/h9H,3-6,8H2,1-2H3. The van der Waals surface area contributed by atoms with Gasteiger partial charge in [0.15, 0.2) is 0 Å². The Kier molecular flexibility index (Phi) is 3.70. The Morgan fingerprint density at radius 3 is 2.94 bits per heavy atom. The molecule has 2 heterocycles. The van der Waals surface area contributed by atoms with Crippen LogP contribution in [0.25, 0.3) is 0 Å². The van der Waals surface area contributed by atoms with E-state index in [1.807, 2.05) is 18.7 Å². The molecule has 17 heavy (non-hydrogen) atoms. The normalized spacial score (nSPS) is 20.7. The first-order chi connectivity index (χ1) is 8.17. The second kappa shape index (κ2) is 5.07. The van der Waals surface area contributed by atoms with Crippen molar-refractivity contribution in [1.29, 1.82) is 5.26 Å². The van der Waals surface area contributed by atoms with Gasteiger partial charge in [0, 0.05) is 13.6 Å². The van der Waals surface area contributed by atoms with Crippen LogP contribution in [0.1, 0.15) is 31.2 Å². The number of hydrogen-bond acceptors (Lipinski definition) is 3. The molecular weight excluding hydrogens is 236 g/mol. The molecule has 0 aliphatic carbocycles. The molecule has 92 valence electrons. The number of aryl methyl sites for hydroxylation is 2. The maximum atomic E-state index is 9.06. The van der Waals surface area contributed by atoms with Crippen LogP contribution in [0.2, 0.25) is 5.02 Å². The Hall–Kier alpha value is -1.05. The van der Waals surface area contributed by atoms with Crippen molar-refractivity contribution in [2.24, 2.45) is 7.05 Å². The Bertz CT molecular complexity index is 446. The second-order valence-electron chi connectivity index (χ2n) is 4.44. The minimum Gasteiger partial charge on any atom is -0.282 e. The van der Waals surface area contributed by atoms with E-state index in [2.05, 4.69) is 16.1 Å². The van der Waals surface area contributed by atoms with Crippen LogP contribution in [-0.2, 0) is 20.0 Å². The fourth-order valence-electron chi connectivity index (χ4n) is 2.35. The van der Waals surface area contributed by atoms with Crippen LogP contribution >= 0.6 is 11.6 Å². The van der Waals surface area contributed by atoms with Crippen molar-refractivity contribution in [3.63, 3.8) is 0 Å². The van der Waals surface area contributed by atoms with Gasteiger partial charge in [-0.3, -0.25) is 9.58 Å². The number of nitriles is 1. The van der Waals surface area contributed by atoms with E-state index >= 15 is 0 Å². The number of aromatic nitrogens is 2. The molecule has 1 aromatic rings. The van der Waals surface area contributed by atoms with Gasteiger partial charge in [0.25, 0.3) is 0 Å². The average molecular weight is 253 g/mol. The van der Waals surface area contributed by atoms with Crippen molar-refractivity contribution in [2.45, 2.75) is 38.8 Å². The third-order valence-corrected chi connectivity index (χ3v) is 3.80. The Morgan fingerprint density at radius 2 is 2.35 bits per heavy atom. The van der Waals surface area contributed by atoms with Gasteiger partial charge in [0.05, 0.1) is 28.5 Å². The van der Waals surface area contributed by atoms with Crippen LogP contribution in [0.15, 0.2) is 0 Å². The smallest absolute Gasteiger partial charge is 0.0981 e. The molecule has 1 aromatic heterocycles. The van der Waals surface area contributed by atoms with Crippen molar-refractivity contribution < 1.29 is 0 Å². The predicted octanol–water partition coefficient (Wildman–Crippen LogP) is 2.12. The van der Waals surface area contributed by atoms with Crippen LogP contribution in [0.3, 0.4) is 0 Å². The molecule has 0 amide bonds. The quantitative estimate of drug-likeness (QED) is 0.828. The molecule has 0 N–H and O–H groups in total. The Balaban J connectivity index is 2.19. The zero-order chi connectivity index (χ0) is 12.4. The molecule has 0 radical (unpaired) electrons. The van der Waals surface area contributed by atoms with E-state index in [-0.39, 0.29) is 6.04 Å². The number of hydrogen-bond donors (Lipinski definition) is 0. The van der Waals surface area contributed by atoms with Crippen LogP contribution in [0, 0.1) is 11.3 Å². The highest BCUT2D eigenvalue weighted by atomic mass is 35.5. The maximum Gasteiger partial charge on any atom is 0.0981 e. The van der Waals surface area contributed by atoms with Crippen LogP contribution in [-0.4, -0.2) is 27.3 Å². The van der Waals surface area contributed by atoms with Gasteiger partial charge in [0.2, 0.25) is 0 Å². The third kappa shape index (κ3) is 2.31. The molecule has 1 fully saturated rings. The molecule has 0 aromatic carbocycles. The largest absolute Gasteiger partial charge is 0.282 e. The van der Waals surface area contributed by atoms with Gasteiger partial charge < -0.3 is 0 Å². The number of nitrogens with zero attached hydrogens (tertiary/aromatic N) is 4. The highest BCUT2D eigenvalue weighted by Crippen LogP contribution is 2.25. The van der Waals surface area contributed by atoms with Crippen LogP contribution < -0.4 is 0 Å². The van der Waals surface area contributed by atoms with Gasteiger partial charge in [-0.25, -0.2) is 0 Å². The Labute approximate surface area is 107 Å². The van der Waals surface area contributed by atoms with Gasteiger partial charge in [0.1, 0.15) is 0 Å². The van der Waals surface area contributed by atoms with Crippen molar-refractivity contribution in [1.82, 2.24) is 14.7 Å². The summed E-state index contributed by atoms with van der Waals surface area (Å²) in [5.41, 5.74) is 1.96. The topological polar surface area (TPSA) is 44.9 Å². The van der Waals surface area contributed by atoms with Crippen LogP contribution in [0.4, 0.5) is 0 Å². The third-order valence-electron chi connectivity index (χ3n) is 3.37. The highest BCUT2D eigenvalue weighted by Gasteiger charge is 2.26. The molecule has 5 heteroatoms.